The highest BCUT2D eigenvalue weighted by molar-refractivity contribution is 5.82. The predicted octanol–water partition coefficient (Wildman–Crippen LogP) is 4.42. The molecule has 0 fully saturated rings. The molecule has 1 aliphatic heterocycles. The lowest BCUT2D eigenvalue weighted by Crippen LogP contribution is -2.16. The van der Waals surface area contributed by atoms with Crippen molar-refractivity contribution in [3.8, 4) is 0 Å². The molecule has 6 heteroatoms. The van der Waals surface area contributed by atoms with Gasteiger partial charge in [0, 0.05) is 36.1 Å². The molecule has 28 heavy (non-hydrogen) atoms. The molecule has 0 aliphatic carbocycles. The number of halogens is 1. The average Bonchev–Trinajstić information content (AvgIpc) is 3.13. The van der Waals surface area contributed by atoms with E-state index in [9.17, 15) is 4.39 Å². The second-order valence-corrected chi connectivity index (χ2v) is 6.93. The molecule has 5 rings (SSSR count). The fraction of sp³-hybridized carbons (Fsp3) is 0.136. The van der Waals surface area contributed by atoms with Gasteiger partial charge in [0.2, 0.25) is 0 Å². The molecule has 5 nitrogen and oxygen atoms in total. The van der Waals surface area contributed by atoms with Gasteiger partial charge in [-0.1, -0.05) is 36.4 Å². The number of benzene rings is 2. The Balaban J connectivity index is 1.39. The molecule has 0 radical (unpaired) electrons. The van der Waals surface area contributed by atoms with Crippen molar-refractivity contribution in [2.45, 2.75) is 19.6 Å². The Hall–Kier alpha value is -3.38. The van der Waals surface area contributed by atoms with E-state index >= 15 is 0 Å². The van der Waals surface area contributed by atoms with Crippen LogP contribution >= 0.6 is 0 Å². The highest BCUT2D eigenvalue weighted by Gasteiger charge is 2.24. The third kappa shape index (κ3) is 3.18. The van der Waals surface area contributed by atoms with Crippen molar-refractivity contribution in [1.29, 1.82) is 0 Å². The third-order valence-electron chi connectivity index (χ3n) is 4.99. The van der Waals surface area contributed by atoms with Crippen LogP contribution in [-0.2, 0) is 19.6 Å². The molecular weight excluding hydrogens is 353 g/mol. The molecule has 0 amide bonds. The largest absolute Gasteiger partial charge is 0.339 e. The maximum Gasteiger partial charge on any atom is 0.138 e. The van der Waals surface area contributed by atoms with Crippen molar-refractivity contribution < 1.29 is 4.39 Å². The first kappa shape index (κ1) is 16.8. The van der Waals surface area contributed by atoms with Crippen LogP contribution in [0.3, 0.4) is 0 Å². The first-order valence-corrected chi connectivity index (χ1v) is 9.16. The van der Waals surface area contributed by atoms with E-state index in [1.807, 2.05) is 42.6 Å². The lowest BCUT2D eigenvalue weighted by Gasteiger charge is -2.15. The molecule has 0 saturated heterocycles. The van der Waals surface area contributed by atoms with Gasteiger partial charge in [0.25, 0.3) is 0 Å². The molecule has 2 aromatic heterocycles. The summed E-state index contributed by atoms with van der Waals surface area (Å²) in [7, 11) is 0. The van der Waals surface area contributed by atoms with E-state index in [0.29, 0.717) is 25.2 Å². The monoisotopic (exact) mass is 371 g/mol. The van der Waals surface area contributed by atoms with E-state index in [4.69, 9.17) is 0 Å². The number of nitrogens with one attached hydrogen (secondary N) is 1. The number of fused-ring (bicyclic) bond motifs is 2. The fourth-order valence-electron chi connectivity index (χ4n) is 3.61. The van der Waals surface area contributed by atoms with Gasteiger partial charge in [-0.05, 0) is 18.2 Å². The smallest absolute Gasteiger partial charge is 0.138 e. The molecule has 0 unspecified atom stereocenters. The van der Waals surface area contributed by atoms with Crippen molar-refractivity contribution in [3.63, 3.8) is 0 Å². The van der Waals surface area contributed by atoms with E-state index in [1.165, 1.54) is 6.07 Å². The van der Waals surface area contributed by atoms with E-state index in [1.54, 1.807) is 12.4 Å². The molecule has 138 valence electrons. The minimum absolute atomic E-state index is 0.176. The standard InChI is InChI=1S/C22H18FN5/c23-19-7-3-1-6-16(19)11-28-12-18-21(13-28)25-14-26-22(18)27-17-9-15-5-2-4-8-20(15)24-10-17/h1-10,14H,11-13H2,(H,25,26,27). The number of rotatable bonds is 4. The minimum Gasteiger partial charge on any atom is -0.339 e. The van der Waals surface area contributed by atoms with E-state index in [0.717, 1.165) is 33.7 Å². The summed E-state index contributed by atoms with van der Waals surface area (Å²) in [5.74, 6) is 0.600. The van der Waals surface area contributed by atoms with E-state index < -0.39 is 0 Å². The maximum atomic E-state index is 14.0. The Morgan fingerprint density at radius 3 is 2.75 bits per heavy atom. The zero-order valence-electron chi connectivity index (χ0n) is 15.1. The van der Waals surface area contributed by atoms with Crippen LogP contribution in [0.25, 0.3) is 10.9 Å². The summed E-state index contributed by atoms with van der Waals surface area (Å²) in [6, 6.07) is 16.9. The second-order valence-electron chi connectivity index (χ2n) is 6.93. The fourth-order valence-corrected chi connectivity index (χ4v) is 3.61. The Bertz CT molecular complexity index is 1160. The van der Waals surface area contributed by atoms with Crippen molar-refractivity contribution in [2.75, 3.05) is 5.32 Å². The van der Waals surface area contributed by atoms with Gasteiger partial charge in [-0.25, -0.2) is 14.4 Å². The van der Waals surface area contributed by atoms with Crippen molar-refractivity contribution in [2.24, 2.45) is 0 Å². The number of para-hydroxylation sites is 1. The molecule has 0 bridgehead atoms. The lowest BCUT2D eigenvalue weighted by atomic mass is 10.2. The Morgan fingerprint density at radius 1 is 0.964 bits per heavy atom. The van der Waals surface area contributed by atoms with Gasteiger partial charge in [-0.3, -0.25) is 9.88 Å². The predicted molar refractivity (Wildman–Crippen MR) is 106 cm³/mol. The first-order chi connectivity index (χ1) is 13.8. The molecule has 1 aliphatic rings. The maximum absolute atomic E-state index is 14.0. The molecule has 0 atom stereocenters. The average molecular weight is 371 g/mol. The van der Waals surface area contributed by atoms with Gasteiger partial charge < -0.3 is 5.32 Å². The molecule has 0 spiro atoms. The van der Waals surface area contributed by atoms with Crippen LogP contribution in [-0.4, -0.2) is 19.9 Å². The number of pyridine rings is 1. The lowest BCUT2D eigenvalue weighted by molar-refractivity contribution is 0.270. The van der Waals surface area contributed by atoms with Gasteiger partial charge in [0.05, 0.1) is 23.1 Å². The summed E-state index contributed by atoms with van der Waals surface area (Å²) in [4.78, 5) is 15.5. The molecule has 4 aromatic rings. The number of anilines is 2. The van der Waals surface area contributed by atoms with Crippen LogP contribution in [0.2, 0.25) is 0 Å². The van der Waals surface area contributed by atoms with Crippen LogP contribution in [0, 0.1) is 5.82 Å². The summed E-state index contributed by atoms with van der Waals surface area (Å²) in [6.07, 6.45) is 3.38. The highest BCUT2D eigenvalue weighted by Crippen LogP contribution is 2.30. The summed E-state index contributed by atoms with van der Waals surface area (Å²) in [5, 5.41) is 4.45. The van der Waals surface area contributed by atoms with Crippen LogP contribution in [0.4, 0.5) is 15.9 Å². The van der Waals surface area contributed by atoms with Gasteiger partial charge in [0.1, 0.15) is 18.0 Å². The number of hydrogen-bond acceptors (Lipinski definition) is 5. The van der Waals surface area contributed by atoms with Crippen LogP contribution < -0.4 is 5.32 Å². The van der Waals surface area contributed by atoms with Gasteiger partial charge in [0.15, 0.2) is 0 Å². The topological polar surface area (TPSA) is 53.9 Å². The summed E-state index contributed by atoms with van der Waals surface area (Å²) >= 11 is 0. The summed E-state index contributed by atoms with van der Waals surface area (Å²) in [6.45, 7) is 1.89. The van der Waals surface area contributed by atoms with Gasteiger partial charge in [-0.2, -0.15) is 0 Å². The van der Waals surface area contributed by atoms with Crippen molar-refractivity contribution in [1.82, 2.24) is 19.9 Å². The van der Waals surface area contributed by atoms with Gasteiger partial charge >= 0.3 is 0 Å². The number of aromatic nitrogens is 3. The summed E-state index contributed by atoms with van der Waals surface area (Å²) < 4.78 is 14.0. The summed E-state index contributed by atoms with van der Waals surface area (Å²) in [5.41, 5.74) is 4.55. The zero-order chi connectivity index (χ0) is 18.9. The van der Waals surface area contributed by atoms with E-state index in [2.05, 4.69) is 31.2 Å². The number of hydrogen-bond donors (Lipinski definition) is 1. The minimum atomic E-state index is -0.176. The Kier molecular flexibility index (Phi) is 4.18. The molecular formula is C22H18FN5. The molecule has 2 aromatic carbocycles. The van der Waals surface area contributed by atoms with Crippen LogP contribution in [0.1, 0.15) is 16.8 Å². The zero-order valence-corrected chi connectivity index (χ0v) is 15.1. The normalized spacial score (nSPS) is 13.6. The first-order valence-electron chi connectivity index (χ1n) is 9.16. The van der Waals surface area contributed by atoms with E-state index in [-0.39, 0.29) is 5.82 Å². The second kappa shape index (κ2) is 6.98. The van der Waals surface area contributed by atoms with Gasteiger partial charge in [-0.15, -0.1) is 0 Å². The molecule has 1 N–H and O–H groups in total. The third-order valence-corrected chi connectivity index (χ3v) is 4.99. The number of nitrogens with zero attached hydrogens (tertiary/aromatic N) is 4. The van der Waals surface area contributed by atoms with Crippen LogP contribution in [0.15, 0.2) is 67.1 Å². The SMILES string of the molecule is Fc1ccccc1CN1Cc2ncnc(Nc3cnc4ccccc4c3)c2C1. The Morgan fingerprint density at radius 2 is 1.82 bits per heavy atom. The van der Waals surface area contributed by atoms with Crippen molar-refractivity contribution >= 4 is 22.4 Å². The van der Waals surface area contributed by atoms with Crippen molar-refractivity contribution in [3.05, 3.63) is 89.8 Å². The van der Waals surface area contributed by atoms with Crippen LogP contribution in [0.5, 0.6) is 0 Å². The quantitative estimate of drug-likeness (QED) is 0.575. The molecule has 3 heterocycles. The Labute approximate surface area is 161 Å². The molecule has 0 saturated carbocycles. The highest BCUT2D eigenvalue weighted by atomic mass is 19.1.